The van der Waals surface area contributed by atoms with Crippen molar-refractivity contribution < 1.29 is 15.1 Å². The number of rotatable bonds is 4. The SMILES string of the molecule is Clc1ccc(N=P(c2ccccc2)(c2ccccc2)c2ccccc2)cc1.[Cl][Zn][Cl]. The van der Waals surface area contributed by atoms with Crippen molar-refractivity contribution in [3.05, 3.63) is 120 Å². The van der Waals surface area contributed by atoms with E-state index in [4.69, 9.17) is 35.7 Å². The Balaban J connectivity index is 0.000000806. The molecule has 0 bridgehead atoms. The third kappa shape index (κ3) is 5.64. The van der Waals surface area contributed by atoms with Crippen molar-refractivity contribution in [2.24, 2.45) is 4.74 Å². The van der Waals surface area contributed by atoms with E-state index >= 15 is 0 Å². The van der Waals surface area contributed by atoms with Gasteiger partial charge in [-0.1, -0.05) is 103 Å². The van der Waals surface area contributed by atoms with E-state index in [1.165, 1.54) is 15.9 Å². The van der Waals surface area contributed by atoms with Gasteiger partial charge in [-0.25, -0.2) is 0 Å². The van der Waals surface area contributed by atoms with Crippen LogP contribution in [0.4, 0.5) is 5.69 Å². The summed E-state index contributed by atoms with van der Waals surface area (Å²) in [7, 11) is 7.69. The van der Waals surface area contributed by atoms with Crippen LogP contribution in [0.15, 0.2) is 120 Å². The van der Waals surface area contributed by atoms with Gasteiger partial charge in [-0.15, -0.1) is 0 Å². The third-order valence-electron chi connectivity index (χ3n) is 4.48. The predicted octanol–water partition coefficient (Wildman–Crippen LogP) is 7.53. The Morgan fingerprint density at radius 1 is 0.533 bits per heavy atom. The van der Waals surface area contributed by atoms with Gasteiger partial charge < -0.3 is 0 Å². The van der Waals surface area contributed by atoms with E-state index in [9.17, 15) is 0 Å². The van der Waals surface area contributed by atoms with E-state index in [1.807, 2.05) is 24.3 Å². The quantitative estimate of drug-likeness (QED) is 0.194. The van der Waals surface area contributed by atoms with Crippen LogP contribution in [-0.4, -0.2) is 0 Å². The van der Waals surface area contributed by atoms with E-state index in [-0.39, 0.29) is 0 Å². The molecule has 0 aliphatic heterocycles. The first-order chi connectivity index (χ1) is 14.7. The molecule has 148 valence electrons. The maximum absolute atomic E-state index is 6.10. The first-order valence-electron chi connectivity index (χ1n) is 9.37. The van der Waals surface area contributed by atoms with Crippen LogP contribution in [0.1, 0.15) is 0 Å². The van der Waals surface area contributed by atoms with E-state index in [0.717, 1.165) is 10.7 Å². The third-order valence-corrected chi connectivity index (χ3v) is 8.40. The number of hydrogen-bond donors (Lipinski definition) is 0. The maximum atomic E-state index is 6.10. The fourth-order valence-electron chi connectivity index (χ4n) is 3.23. The summed E-state index contributed by atoms with van der Waals surface area (Å²) in [5.41, 5.74) is 0.935. The number of nitrogens with zero attached hydrogens (tertiary/aromatic N) is 1. The normalized spacial score (nSPS) is 10.4. The molecule has 0 atom stereocenters. The van der Waals surface area contributed by atoms with Crippen LogP contribution in [0, 0.1) is 0 Å². The van der Waals surface area contributed by atoms with Crippen molar-refractivity contribution in [2.45, 2.75) is 0 Å². The number of hydrogen-bond acceptors (Lipinski definition) is 1. The topological polar surface area (TPSA) is 12.4 Å². The average Bonchev–Trinajstić information content (AvgIpc) is 2.81. The van der Waals surface area contributed by atoms with Gasteiger partial charge in [0.1, 0.15) is 0 Å². The summed E-state index contributed by atoms with van der Waals surface area (Å²) in [6.45, 7) is 0. The summed E-state index contributed by atoms with van der Waals surface area (Å²) in [5.74, 6) is 0. The monoisotopic (exact) mass is 521 g/mol. The molecule has 4 aromatic carbocycles. The van der Waals surface area contributed by atoms with Crippen molar-refractivity contribution in [2.75, 3.05) is 0 Å². The Kier molecular flexibility index (Phi) is 9.19. The van der Waals surface area contributed by atoms with Gasteiger partial charge in [0.2, 0.25) is 0 Å². The molecule has 0 fully saturated rings. The molecule has 0 N–H and O–H groups in total. The second-order valence-corrected chi connectivity index (χ2v) is 14.4. The van der Waals surface area contributed by atoms with Crippen molar-refractivity contribution in [1.29, 1.82) is 0 Å². The second-order valence-electron chi connectivity index (χ2n) is 6.32. The van der Waals surface area contributed by atoms with Crippen LogP contribution >= 0.6 is 38.0 Å². The van der Waals surface area contributed by atoms with Crippen molar-refractivity contribution in [3.63, 3.8) is 0 Å². The van der Waals surface area contributed by atoms with Gasteiger partial charge in [0.25, 0.3) is 0 Å². The van der Waals surface area contributed by atoms with Crippen LogP contribution in [0.5, 0.6) is 0 Å². The zero-order chi connectivity index (χ0) is 21.2. The molecule has 0 radical (unpaired) electrons. The fraction of sp³-hybridized carbons (Fsp3) is 0. The summed E-state index contributed by atoms with van der Waals surface area (Å²) >= 11 is 5.17. The number of halogens is 3. The Labute approximate surface area is 198 Å². The summed E-state index contributed by atoms with van der Waals surface area (Å²) in [4.78, 5) is 0. The van der Waals surface area contributed by atoms with E-state index < -0.39 is 22.2 Å². The Morgan fingerprint density at radius 3 is 1.20 bits per heavy atom. The van der Waals surface area contributed by atoms with Crippen molar-refractivity contribution in [3.8, 4) is 0 Å². The number of benzene rings is 4. The molecule has 0 unspecified atom stereocenters. The molecule has 0 saturated carbocycles. The molecule has 0 aromatic heterocycles. The summed E-state index contributed by atoms with van der Waals surface area (Å²) < 4.78 is 5.39. The molecule has 0 aliphatic carbocycles. The van der Waals surface area contributed by atoms with Crippen LogP contribution in [0.2, 0.25) is 5.02 Å². The van der Waals surface area contributed by atoms with E-state index in [2.05, 4.69) is 91.0 Å². The van der Waals surface area contributed by atoms with E-state index in [1.54, 1.807) is 0 Å². The van der Waals surface area contributed by atoms with Crippen molar-refractivity contribution in [1.82, 2.24) is 0 Å². The Hall–Kier alpha value is -1.40. The molecule has 4 rings (SSSR count). The van der Waals surface area contributed by atoms with Gasteiger partial charge in [0.05, 0.1) is 12.7 Å². The van der Waals surface area contributed by atoms with Gasteiger partial charge in [0.15, 0.2) is 0 Å². The van der Waals surface area contributed by atoms with Crippen molar-refractivity contribution >= 4 is 59.6 Å². The second kappa shape index (κ2) is 11.8. The summed E-state index contributed by atoms with van der Waals surface area (Å²) in [6, 6.07) is 39.6. The first kappa shape index (κ1) is 23.3. The molecule has 0 heterocycles. The molecule has 0 saturated heterocycles. The minimum absolute atomic E-state index is 0.719. The molecule has 6 heteroatoms. The fourth-order valence-corrected chi connectivity index (χ4v) is 6.89. The van der Waals surface area contributed by atoms with Gasteiger partial charge in [-0.3, -0.25) is 4.74 Å². The predicted molar refractivity (Wildman–Crippen MR) is 130 cm³/mol. The summed E-state index contributed by atoms with van der Waals surface area (Å²) in [6.07, 6.45) is 0. The van der Waals surface area contributed by atoms with Gasteiger partial charge in [0, 0.05) is 20.9 Å². The molecule has 0 spiro atoms. The average molecular weight is 524 g/mol. The Morgan fingerprint density at radius 2 is 0.867 bits per heavy atom. The zero-order valence-electron chi connectivity index (χ0n) is 16.2. The van der Waals surface area contributed by atoms with Crippen LogP contribution in [-0.2, 0) is 15.1 Å². The molecule has 30 heavy (non-hydrogen) atoms. The molecular weight excluding hydrogens is 505 g/mol. The van der Waals surface area contributed by atoms with Crippen LogP contribution in [0.3, 0.4) is 0 Å². The molecule has 4 aromatic rings. The standard InChI is InChI=1S/C24H19ClNP.2ClH.Zn/c25-20-16-18-21(19-17-20)26-27(22-10-4-1-5-11-22,23-12-6-2-7-13-23)24-14-8-3-9-15-24;;;/h1-19H;2*1H;/q;;;+2/p-2. The summed E-state index contributed by atoms with van der Waals surface area (Å²) in [5, 5.41) is 4.42. The van der Waals surface area contributed by atoms with Gasteiger partial charge in [-0.2, -0.15) is 0 Å². The molecule has 1 nitrogen and oxygen atoms in total. The van der Waals surface area contributed by atoms with Crippen LogP contribution in [0.25, 0.3) is 0 Å². The Bertz CT molecular complexity index is 986. The zero-order valence-corrected chi connectivity index (χ0v) is 22.3. The van der Waals surface area contributed by atoms with E-state index in [0.29, 0.717) is 0 Å². The van der Waals surface area contributed by atoms with Crippen LogP contribution < -0.4 is 15.9 Å². The molecular formula is C24H19Cl3NPZn. The first-order valence-corrected chi connectivity index (χ1v) is 19.3. The molecule has 0 amide bonds. The molecule has 0 aliphatic rings. The van der Waals surface area contributed by atoms with Gasteiger partial charge >= 0.3 is 34.5 Å². The van der Waals surface area contributed by atoms with Gasteiger partial charge in [-0.05, 0) is 24.3 Å². The minimum atomic E-state index is -2.21.